The maximum Gasteiger partial charge on any atom is 0.251 e. The number of aromatic nitrogens is 2. The van der Waals surface area contributed by atoms with Crippen molar-refractivity contribution in [2.75, 3.05) is 18.9 Å². The van der Waals surface area contributed by atoms with Gasteiger partial charge in [0.25, 0.3) is 5.91 Å². The Morgan fingerprint density at radius 3 is 2.85 bits per heavy atom. The molecule has 1 atom stereocenters. The molecule has 1 unspecified atom stereocenters. The van der Waals surface area contributed by atoms with Gasteiger partial charge in [0.15, 0.2) is 0 Å². The van der Waals surface area contributed by atoms with E-state index in [1.54, 1.807) is 0 Å². The van der Waals surface area contributed by atoms with Crippen LogP contribution in [0.25, 0.3) is 0 Å². The van der Waals surface area contributed by atoms with Crippen LogP contribution < -0.4 is 11.1 Å². The van der Waals surface area contributed by atoms with Gasteiger partial charge < -0.3 is 11.1 Å². The van der Waals surface area contributed by atoms with Crippen molar-refractivity contribution in [2.24, 2.45) is 18.7 Å². The van der Waals surface area contributed by atoms with Crippen molar-refractivity contribution in [2.45, 2.75) is 39.7 Å². The molecule has 0 saturated carbocycles. The highest BCUT2D eigenvalue weighted by Crippen LogP contribution is 2.39. The van der Waals surface area contributed by atoms with Gasteiger partial charge in [0.05, 0.1) is 18.3 Å². The highest BCUT2D eigenvalue weighted by molar-refractivity contribution is 7.17. The predicted octanol–water partition coefficient (Wildman–Crippen LogP) is 2.08. The van der Waals surface area contributed by atoms with E-state index in [1.807, 2.05) is 36.8 Å². The quantitative estimate of drug-likeness (QED) is 0.791. The van der Waals surface area contributed by atoms with Crippen LogP contribution >= 0.6 is 11.3 Å². The highest BCUT2D eigenvalue weighted by atomic mass is 32.1. The number of nitrogens with two attached hydrogens (primary N) is 1. The summed E-state index contributed by atoms with van der Waals surface area (Å²) in [5.41, 5.74) is 9.31. The van der Waals surface area contributed by atoms with Gasteiger partial charge in [-0.25, -0.2) is 0 Å². The van der Waals surface area contributed by atoms with Gasteiger partial charge >= 0.3 is 0 Å². The summed E-state index contributed by atoms with van der Waals surface area (Å²) in [6.07, 6.45) is 4.66. The van der Waals surface area contributed by atoms with Crippen LogP contribution in [-0.2, 0) is 31.2 Å². The minimum Gasteiger partial charge on any atom is -0.365 e. The van der Waals surface area contributed by atoms with Crippen molar-refractivity contribution in [3.63, 3.8) is 0 Å². The summed E-state index contributed by atoms with van der Waals surface area (Å²) in [7, 11) is 3.79. The summed E-state index contributed by atoms with van der Waals surface area (Å²) in [6.45, 7) is 5.08. The van der Waals surface area contributed by atoms with Crippen molar-refractivity contribution >= 4 is 28.2 Å². The molecule has 0 radical (unpaired) electrons. The second-order valence-corrected chi connectivity index (χ2v) is 8.62. The van der Waals surface area contributed by atoms with E-state index in [-0.39, 0.29) is 12.5 Å². The molecule has 3 N–H and O–H groups in total. The molecule has 2 heterocycles. The number of nitrogens with zero attached hydrogens (tertiary/aromatic N) is 3. The third-order valence-electron chi connectivity index (χ3n) is 5.20. The summed E-state index contributed by atoms with van der Waals surface area (Å²) >= 11 is 1.49. The Hall–Kier alpha value is -2.19. The van der Waals surface area contributed by atoms with Crippen LogP contribution in [0, 0.1) is 12.8 Å². The molecule has 0 aliphatic heterocycles. The van der Waals surface area contributed by atoms with Crippen LogP contribution in [-0.4, -0.2) is 40.1 Å². The minimum atomic E-state index is -0.461. The normalized spacial score (nSPS) is 16.4. The first kappa shape index (κ1) is 19.6. The number of likely N-dealkylation sites (N-methyl/N-ethyl adjacent to an activating group) is 1. The standard InChI is InChI=1S/C19H27N5O2S/c1-11-5-6-14-15(7-11)27-19(17(14)18(20)26)22-16(25)10-23(3)9-13-8-21-24(4)12(13)2/h8,11H,5-7,9-10H2,1-4H3,(H2,20,26)(H,22,25). The number of primary amides is 1. The van der Waals surface area contributed by atoms with Crippen LogP contribution in [0.1, 0.15) is 45.4 Å². The van der Waals surface area contributed by atoms with E-state index in [9.17, 15) is 9.59 Å². The maximum absolute atomic E-state index is 12.5. The number of anilines is 1. The zero-order valence-corrected chi connectivity index (χ0v) is 17.2. The van der Waals surface area contributed by atoms with E-state index < -0.39 is 5.91 Å². The fraction of sp³-hybridized carbons (Fsp3) is 0.526. The second kappa shape index (κ2) is 7.82. The summed E-state index contributed by atoms with van der Waals surface area (Å²) in [5.74, 6) is -0.0147. The van der Waals surface area contributed by atoms with Crippen molar-refractivity contribution in [3.8, 4) is 0 Å². The van der Waals surface area contributed by atoms with E-state index in [2.05, 4.69) is 17.3 Å². The van der Waals surface area contributed by atoms with Crippen molar-refractivity contribution in [3.05, 3.63) is 33.5 Å². The van der Waals surface area contributed by atoms with E-state index in [0.29, 0.717) is 23.0 Å². The molecule has 7 nitrogen and oxygen atoms in total. The first-order chi connectivity index (χ1) is 12.8. The van der Waals surface area contributed by atoms with Gasteiger partial charge in [-0.3, -0.25) is 19.2 Å². The number of carbonyl (C=O) groups is 2. The number of hydrogen-bond donors (Lipinski definition) is 2. The van der Waals surface area contributed by atoms with Crippen LogP contribution in [0.3, 0.4) is 0 Å². The average molecular weight is 390 g/mol. The third kappa shape index (κ3) is 4.22. The number of amides is 2. The lowest BCUT2D eigenvalue weighted by Crippen LogP contribution is -2.30. The minimum absolute atomic E-state index is 0.145. The van der Waals surface area contributed by atoms with E-state index in [1.165, 1.54) is 16.2 Å². The van der Waals surface area contributed by atoms with E-state index in [4.69, 9.17) is 5.73 Å². The first-order valence-electron chi connectivity index (χ1n) is 9.16. The molecule has 0 bridgehead atoms. The SMILES string of the molecule is Cc1c(CN(C)CC(=O)Nc2sc3c(c2C(N)=O)CCC(C)C3)cnn1C. The molecule has 2 amide bonds. The Morgan fingerprint density at radius 1 is 1.48 bits per heavy atom. The lowest BCUT2D eigenvalue weighted by atomic mass is 9.88. The lowest BCUT2D eigenvalue weighted by molar-refractivity contribution is -0.117. The summed E-state index contributed by atoms with van der Waals surface area (Å²) in [4.78, 5) is 27.6. The zero-order chi connectivity index (χ0) is 19.7. The Labute approximate surface area is 163 Å². The molecule has 27 heavy (non-hydrogen) atoms. The van der Waals surface area contributed by atoms with Crippen LogP contribution in [0.15, 0.2) is 6.20 Å². The van der Waals surface area contributed by atoms with Gasteiger partial charge in [-0.1, -0.05) is 6.92 Å². The fourth-order valence-electron chi connectivity index (χ4n) is 3.56. The number of aryl methyl sites for hydroxylation is 1. The lowest BCUT2D eigenvalue weighted by Gasteiger charge is -2.18. The predicted molar refractivity (Wildman–Crippen MR) is 107 cm³/mol. The van der Waals surface area contributed by atoms with Crippen molar-refractivity contribution in [1.29, 1.82) is 0 Å². The monoisotopic (exact) mass is 389 g/mol. The van der Waals surface area contributed by atoms with Gasteiger partial charge in [-0.05, 0) is 44.7 Å². The zero-order valence-electron chi connectivity index (χ0n) is 16.3. The molecule has 0 aromatic carbocycles. The number of nitrogens with one attached hydrogen (secondary N) is 1. The smallest absolute Gasteiger partial charge is 0.251 e. The van der Waals surface area contributed by atoms with Gasteiger partial charge in [-0.15, -0.1) is 11.3 Å². The van der Waals surface area contributed by atoms with Gasteiger partial charge in [0.1, 0.15) is 5.00 Å². The third-order valence-corrected chi connectivity index (χ3v) is 6.37. The Bertz CT molecular complexity index is 870. The number of thiophene rings is 1. The van der Waals surface area contributed by atoms with Crippen LogP contribution in [0.4, 0.5) is 5.00 Å². The number of rotatable bonds is 6. The molecule has 8 heteroatoms. The molecular weight excluding hydrogens is 362 g/mol. The van der Waals surface area contributed by atoms with Gasteiger partial charge in [0.2, 0.25) is 5.91 Å². The second-order valence-electron chi connectivity index (χ2n) is 7.52. The van der Waals surface area contributed by atoms with Crippen LogP contribution in [0.2, 0.25) is 0 Å². The highest BCUT2D eigenvalue weighted by Gasteiger charge is 2.27. The molecular formula is C19H27N5O2S. The van der Waals surface area contributed by atoms with E-state index >= 15 is 0 Å². The fourth-order valence-corrected chi connectivity index (χ4v) is 4.99. The molecule has 146 valence electrons. The molecule has 0 spiro atoms. The molecule has 0 fully saturated rings. The molecule has 3 rings (SSSR count). The number of hydrogen-bond acceptors (Lipinski definition) is 5. The molecule has 0 saturated heterocycles. The summed E-state index contributed by atoms with van der Waals surface area (Å²) < 4.78 is 1.82. The van der Waals surface area contributed by atoms with E-state index in [0.717, 1.165) is 36.1 Å². The largest absolute Gasteiger partial charge is 0.365 e. The van der Waals surface area contributed by atoms with Gasteiger partial charge in [0, 0.05) is 29.7 Å². The topological polar surface area (TPSA) is 93.2 Å². The molecule has 2 aromatic rings. The Balaban J connectivity index is 1.68. The molecule has 1 aliphatic rings. The average Bonchev–Trinajstić information content (AvgIpc) is 3.08. The summed E-state index contributed by atoms with van der Waals surface area (Å²) in [5, 5.41) is 7.74. The molecule has 1 aliphatic carbocycles. The van der Waals surface area contributed by atoms with Crippen molar-refractivity contribution in [1.82, 2.24) is 14.7 Å². The Morgan fingerprint density at radius 2 is 2.22 bits per heavy atom. The maximum atomic E-state index is 12.5. The summed E-state index contributed by atoms with van der Waals surface area (Å²) in [6, 6.07) is 0. The first-order valence-corrected chi connectivity index (χ1v) is 9.98. The Kier molecular flexibility index (Phi) is 5.67. The number of carbonyl (C=O) groups excluding carboxylic acids is 2. The van der Waals surface area contributed by atoms with Gasteiger partial charge in [-0.2, -0.15) is 5.10 Å². The number of fused-ring (bicyclic) bond motifs is 1. The van der Waals surface area contributed by atoms with Crippen molar-refractivity contribution < 1.29 is 9.59 Å². The molecule has 2 aromatic heterocycles. The van der Waals surface area contributed by atoms with Crippen LogP contribution in [0.5, 0.6) is 0 Å².